The van der Waals surface area contributed by atoms with Crippen LogP contribution in [0.4, 0.5) is 4.39 Å². The zero-order chi connectivity index (χ0) is 17.1. The monoisotopic (exact) mass is 334 g/mol. The van der Waals surface area contributed by atoms with Gasteiger partial charge >= 0.3 is 0 Å². The fourth-order valence-electron chi connectivity index (χ4n) is 3.19. The second-order valence-corrected chi connectivity index (χ2v) is 6.48. The van der Waals surface area contributed by atoms with Crippen molar-refractivity contribution < 1.29 is 14.3 Å². The number of aromatic amines is 1. The van der Waals surface area contributed by atoms with Crippen LogP contribution < -0.4 is 11.1 Å². The molecule has 0 saturated heterocycles. The molecular weight excluding hydrogens is 311 g/mol. The van der Waals surface area contributed by atoms with E-state index in [1.165, 1.54) is 12.1 Å². The van der Waals surface area contributed by atoms with Crippen molar-refractivity contribution >= 4 is 16.9 Å². The molecule has 3 atom stereocenters. The number of nitrogens with zero attached hydrogens (tertiary/aromatic N) is 1. The molecule has 0 spiro atoms. The van der Waals surface area contributed by atoms with Crippen molar-refractivity contribution in [3.8, 4) is 0 Å². The van der Waals surface area contributed by atoms with Crippen LogP contribution in [0.25, 0.3) is 11.0 Å². The van der Waals surface area contributed by atoms with Gasteiger partial charge in [-0.15, -0.1) is 0 Å². The van der Waals surface area contributed by atoms with Crippen molar-refractivity contribution in [2.24, 2.45) is 11.7 Å². The first-order valence-corrected chi connectivity index (χ1v) is 8.38. The predicted molar refractivity (Wildman–Crippen MR) is 88.7 cm³/mol. The molecule has 6 nitrogen and oxygen atoms in total. The second kappa shape index (κ2) is 7.27. The zero-order valence-electron chi connectivity index (χ0n) is 13.5. The van der Waals surface area contributed by atoms with E-state index in [-0.39, 0.29) is 23.7 Å². The van der Waals surface area contributed by atoms with Crippen LogP contribution >= 0.6 is 0 Å². The topological polar surface area (TPSA) is 104 Å². The molecule has 1 aromatic heterocycles. The van der Waals surface area contributed by atoms with Gasteiger partial charge in [-0.05, 0) is 43.9 Å². The lowest BCUT2D eigenvalue weighted by molar-refractivity contribution is -0.126. The standard InChI is InChI=1S/C17H23FN4O2/c18-11-4-5-13-14(9-11)22-16(21-13)2-1-7-20-17(24)10-3-6-15(23)12(19)8-10/h4-5,9-10,12,15,23H,1-3,6-8,19H2,(H,20,24)(H,21,22)/t10-,12+,15+/m0/s1. The van der Waals surface area contributed by atoms with Gasteiger partial charge in [-0.3, -0.25) is 4.79 Å². The average molecular weight is 334 g/mol. The number of benzene rings is 1. The number of fused-ring (bicyclic) bond motifs is 1. The summed E-state index contributed by atoms with van der Waals surface area (Å²) in [5.74, 6) is 0.384. The first kappa shape index (κ1) is 16.9. The second-order valence-electron chi connectivity index (χ2n) is 6.48. The number of nitrogens with two attached hydrogens (primary N) is 1. The molecule has 5 N–H and O–H groups in total. The molecule has 0 bridgehead atoms. The number of carbonyl (C=O) groups excluding carboxylic acids is 1. The summed E-state index contributed by atoms with van der Waals surface area (Å²) >= 11 is 0. The molecule has 130 valence electrons. The Morgan fingerprint density at radius 1 is 1.46 bits per heavy atom. The molecule has 24 heavy (non-hydrogen) atoms. The van der Waals surface area contributed by atoms with Crippen molar-refractivity contribution in [2.75, 3.05) is 6.54 Å². The molecule has 1 heterocycles. The van der Waals surface area contributed by atoms with Gasteiger partial charge in [-0.25, -0.2) is 9.37 Å². The highest BCUT2D eigenvalue weighted by Gasteiger charge is 2.30. The van der Waals surface area contributed by atoms with Crippen LogP contribution in [0.2, 0.25) is 0 Å². The Hall–Kier alpha value is -1.99. The fourth-order valence-corrected chi connectivity index (χ4v) is 3.19. The van der Waals surface area contributed by atoms with Gasteiger partial charge in [0.05, 0.1) is 17.1 Å². The number of aryl methyl sites for hydroxylation is 1. The lowest BCUT2D eigenvalue weighted by Crippen LogP contribution is -2.45. The molecule has 1 fully saturated rings. The number of carbonyl (C=O) groups is 1. The zero-order valence-corrected chi connectivity index (χ0v) is 13.5. The predicted octanol–water partition coefficient (Wildman–Crippen LogP) is 1.24. The van der Waals surface area contributed by atoms with Crippen LogP contribution in [-0.2, 0) is 11.2 Å². The van der Waals surface area contributed by atoms with Gasteiger partial charge < -0.3 is 21.1 Å². The Bertz CT molecular complexity index is 718. The summed E-state index contributed by atoms with van der Waals surface area (Å²) in [6.45, 7) is 0.554. The van der Waals surface area contributed by atoms with Crippen molar-refractivity contribution in [3.63, 3.8) is 0 Å². The minimum Gasteiger partial charge on any atom is -0.392 e. The molecule has 2 aromatic rings. The van der Waals surface area contributed by atoms with Crippen molar-refractivity contribution in [1.29, 1.82) is 0 Å². The van der Waals surface area contributed by atoms with Gasteiger partial charge in [0.2, 0.25) is 5.91 Å². The van der Waals surface area contributed by atoms with E-state index in [1.54, 1.807) is 6.07 Å². The van der Waals surface area contributed by atoms with E-state index in [1.807, 2.05) is 0 Å². The van der Waals surface area contributed by atoms with Crippen LogP contribution in [0.1, 0.15) is 31.5 Å². The maximum atomic E-state index is 13.2. The number of hydrogen-bond acceptors (Lipinski definition) is 4. The lowest BCUT2D eigenvalue weighted by atomic mass is 9.83. The molecule has 3 rings (SSSR count). The van der Waals surface area contributed by atoms with Crippen molar-refractivity contribution in [1.82, 2.24) is 15.3 Å². The first-order chi connectivity index (χ1) is 11.5. The number of halogens is 1. The van der Waals surface area contributed by atoms with Gasteiger partial charge in [-0.1, -0.05) is 0 Å². The quantitative estimate of drug-likeness (QED) is 0.618. The number of aromatic nitrogens is 2. The number of rotatable bonds is 5. The molecule has 1 aliphatic carbocycles. The molecule has 1 saturated carbocycles. The van der Waals surface area contributed by atoms with E-state index >= 15 is 0 Å². The smallest absolute Gasteiger partial charge is 0.223 e. The van der Waals surface area contributed by atoms with Crippen LogP contribution in [0.5, 0.6) is 0 Å². The lowest BCUT2D eigenvalue weighted by Gasteiger charge is -2.29. The SMILES string of the molecule is N[C@@H]1C[C@@H](C(=O)NCCCc2nc3ccc(F)cc3[nH]2)CC[C@H]1O. The van der Waals surface area contributed by atoms with Gasteiger partial charge in [0.15, 0.2) is 0 Å². The highest BCUT2D eigenvalue weighted by Crippen LogP contribution is 2.23. The van der Waals surface area contributed by atoms with Crippen LogP contribution in [0.15, 0.2) is 18.2 Å². The summed E-state index contributed by atoms with van der Waals surface area (Å²) in [4.78, 5) is 19.6. The normalized spacial score (nSPS) is 24.2. The number of amides is 1. The summed E-state index contributed by atoms with van der Waals surface area (Å²) in [7, 11) is 0. The number of hydrogen-bond donors (Lipinski definition) is 4. The highest BCUT2D eigenvalue weighted by atomic mass is 19.1. The third-order valence-corrected chi connectivity index (χ3v) is 4.62. The largest absolute Gasteiger partial charge is 0.392 e. The van der Waals surface area contributed by atoms with Gasteiger partial charge in [0, 0.05) is 24.9 Å². The third-order valence-electron chi connectivity index (χ3n) is 4.62. The number of aliphatic hydroxyl groups excluding tert-OH is 1. The van der Waals surface area contributed by atoms with E-state index in [0.29, 0.717) is 37.7 Å². The van der Waals surface area contributed by atoms with E-state index < -0.39 is 6.10 Å². The molecule has 0 radical (unpaired) electrons. The fraction of sp³-hybridized carbons (Fsp3) is 0.529. The van der Waals surface area contributed by atoms with E-state index in [9.17, 15) is 14.3 Å². The van der Waals surface area contributed by atoms with Crippen LogP contribution in [0.3, 0.4) is 0 Å². The Morgan fingerprint density at radius 3 is 3.08 bits per heavy atom. The minimum absolute atomic E-state index is 0.00373. The molecule has 0 aliphatic heterocycles. The molecule has 1 aromatic carbocycles. The Kier molecular flexibility index (Phi) is 5.11. The minimum atomic E-state index is -0.494. The van der Waals surface area contributed by atoms with Crippen molar-refractivity contribution in [2.45, 2.75) is 44.2 Å². The first-order valence-electron chi connectivity index (χ1n) is 8.38. The summed E-state index contributed by atoms with van der Waals surface area (Å²) in [6.07, 6.45) is 2.72. The van der Waals surface area contributed by atoms with Gasteiger partial charge in [0.25, 0.3) is 0 Å². The van der Waals surface area contributed by atoms with Gasteiger partial charge in [-0.2, -0.15) is 0 Å². The number of imidazole rings is 1. The summed E-state index contributed by atoms with van der Waals surface area (Å²) in [5, 5.41) is 12.5. The van der Waals surface area contributed by atoms with E-state index in [2.05, 4.69) is 15.3 Å². The van der Waals surface area contributed by atoms with Crippen LogP contribution in [-0.4, -0.2) is 39.7 Å². The molecular formula is C17H23FN4O2. The summed E-state index contributed by atoms with van der Waals surface area (Å²) in [6, 6.07) is 4.14. The van der Waals surface area contributed by atoms with Crippen LogP contribution in [0, 0.1) is 11.7 Å². The number of nitrogens with one attached hydrogen (secondary N) is 2. The molecule has 7 heteroatoms. The molecule has 1 amide bonds. The number of aliphatic hydroxyl groups is 1. The molecule has 1 aliphatic rings. The van der Waals surface area contributed by atoms with E-state index in [0.717, 1.165) is 17.8 Å². The molecule has 0 unspecified atom stereocenters. The van der Waals surface area contributed by atoms with Gasteiger partial charge in [0.1, 0.15) is 11.6 Å². The highest BCUT2D eigenvalue weighted by molar-refractivity contribution is 5.78. The third kappa shape index (κ3) is 3.91. The summed E-state index contributed by atoms with van der Waals surface area (Å²) < 4.78 is 13.2. The number of H-pyrrole nitrogens is 1. The Balaban J connectivity index is 1.43. The maximum absolute atomic E-state index is 13.2. The summed E-state index contributed by atoms with van der Waals surface area (Å²) in [5.41, 5.74) is 7.24. The van der Waals surface area contributed by atoms with Crippen molar-refractivity contribution in [3.05, 3.63) is 29.8 Å². The Labute approximate surface area is 139 Å². The Morgan fingerprint density at radius 2 is 2.29 bits per heavy atom. The average Bonchev–Trinajstić information content (AvgIpc) is 2.95. The maximum Gasteiger partial charge on any atom is 0.223 e. The van der Waals surface area contributed by atoms with E-state index in [4.69, 9.17) is 5.73 Å².